The highest BCUT2D eigenvalue weighted by Gasteiger charge is 2.27. The van der Waals surface area contributed by atoms with Crippen LogP contribution >= 0.6 is 0 Å². The molecule has 1 atom stereocenters. The van der Waals surface area contributed by atoms with Crippen LogP contribution in [0.2, 0.25) is 0 Å². The molecule has 2 rings (SSSR count). The molecule has 1 aliphatic carbocycles. The number of esters is 1. The zero-order chi connectivity index (χ0) is 13.7. The number of carbonyl (C=O) groups is 1. The quantitative estimate of drug-likeness (QED) is 0.391. The maximum absolute atomic E-state index is 11.9. The molecule has 1 aromatic rings. The molecule has 1 aliphatic rings. The van der Waals surface area contributed by atoms with Crippen molar-refractivity contribution in [3.63, 3.8) is 0 Å². The molecule has 0 bridgehead atoms. The summed E-state index contributed by atoms with van der Waals surface area (Å²) < 4.78 is 5.04. The van der Waals surface area contributed by atoms with Gasteiger partial charge in [-0.25, -0.2) is 4.79 Å². The van der Waals surface area contributed by atoms with Crippen molar-refractivity contribution in [2.45, 2.75) is 38.5 Å². The van der Waals surface area contributed by atoms with Gasteiger partial charge in [0.15, 0.2) is 0 Å². The van der Waals surface area contributed by atoms with Gasteiger partial charge in [0.05, 0.1) is 18.4 Å². The number of carbonyl (C=O) groups excluding carboxylic acids is 1. The number of fused-ring (bicyclic) bond motifs is 1. The molecule has 0 amide bonds. The van der Waals surface area contributed by atoms with Gasteiger partial charge in [0.1, 0.15) is 0 Å². The summed E-state index contributed by atoms with van der Waals surface area (Å²) >= 11 is 0. The number of ether oxygens (including phenoxy) is 1. The van der Waals surface area contributed by atoms with E-state index < -0.39 is 5.97 Å². The van der Waals surface area contributed by atoms with Crippen LogP contribution in [0, 0.1) is 0 Å². The average Bonchev–Trinajstić information content (AvgIpc) is 2.63. The number of aryl methyl sites for hydroxylation is 1. The Bertz CT molecular complexity index is 477. The largest absolute Gasteiger partial charge is 0.515 e. The Labute approximate surface area is 113 Å². The summed E-state index contributed by atoms with van der Waals surface area (Å²) in [5.41, 5.74) is 2.79. The zero-order valence-electron chi connectivity index (χ0n) is 11.3. The van der Waals surface area contributed by atoms with Crippen LogP contribution in [-0.4, -0.2) is 17.7 Å². The number of rotatable bonds is 3. The summed E-state index contributed by atoms with van der Waals surface area (Å²) in [5.74, 6) is -0.463. The summed E-state index contributed by atoms with van der Waals surface area (Å²) in [6, 6.07) is 8.16. The van der Waals surface area contributed by atoms with E-state index in [0.717, 1.165) is 37.5 Å². The van der Waals surface area contributed by atoms with E-state index in [-0.39, 0.29) is 5.92 Å². The monoisotopic (exact) mass is 260 g/mol. The number of hydrogen-bond acceptors (Lipinski definition) is 3. The first-order valence-corrected chi connectivity index (χ1v) is 6.87. The predicted octanol–water partition coefficient (Wildman–Crippen LogP) is 3.50. The van der Waals surface area contributed by atoms with Crippen LogP contribution in [0.5, 0.6) is 0 Å². The fourth-order valence-corrected chi connectivity index (χ4v) is 2.74. The smallest absolute Gasteiger partial charge is 0.337 e. The molecule has 3 heteroatoms. The van der Waals surface area contributed by atoms with Gasteiger partial charge in [-0.05, 0) is 37.3 Å². The van der Waals surface area contributed by atoms with Gasteiger partial charge >= 0.3 is 5.97 Å². The molecular weight excluding hydrogens is 240 g/mol. The van der Waals surface area contributed by atoms with E-state index in [0.29, 0.717) is 12.2 Å². The van der Waals surface area contributed by atoms with E-state index in [4.69, 9.17) is 4.74 Å². The molecule has 0 aliphatic heterocycles. The molecule has 0 heterocycles. The minimum absolute atomic E-state index is 0.0530. The van der Waals surface area contributed by atoms with Gasteiger partial charge in [0.2, 0.25) is 0 Å². The second-order valence-corrected chi connectivity index (χ2v) is 4.80. The Hall–Kier alpha value is -1.77. The molecule has 3 nitrogen and oxygen atoms in total. The number of hydrogen-bond donors (Lipinski definition) is 1. The lowest BCUT2D eigenvalue weighted by atomic mass is 9.87. The molecule has 1 unspecified atom stereocenters. The summed E-state index contributed by atoms with van der Waals surface area (Å²) in [4.78, 5) is 11.9. The van der Waals surface area contributed by atoms with Crippen LogP contribution in [0.25, 0.3) is 0 Å². The van der Waals surface area contributed by atoms with Crippen molar-refractivity contribution < 1.29 is 14.6 Å². The summed E-state index contributed by atoms with van der Waals surface area (Å²) in [6.07, 6.45) is 5.01. The Morgan fingerprint density at radius 2 is 2.21 bits per heavy atom. The van der Waals surface area contributed by atoms with E-state index in [2.05, 4.69) is 6.07 Å². The van der Waals surface area contributed by atoms with Gasteiger partial charge in [-0.2, -0.15) is 0 Å². The molecule has 1 N–H and O–H groups in total. The summed E-state index contributed by atoms with van der Waals surface area (Å²) in [6.45, 7) is 2.10. The van der Waals surface area contributed by atoms with E-state index in [1.165, 1.54) is 5.56 Å². The van der Waals surface area contributed by atoms with Crippen LogP contribution < -0.4 is 0 Å². The Balaban J connectivity index is 2.35. The topological polar surface area (TPSA) is 46.5 Å². The van der Waals surface area contributed by atoms with Crippen molar-refractivity contribution in [3.05, 3.63) is 47.2 Å². The summed E-state index contributed by atoms with van der Waals surface area (Å²) in [5, 5.41) is 9.43. The molecule has 0 fully saturated rings. The molecule has 0 aromatic heterocycles. The number of aliphatic hydroxyl groups is 1. The van der Waals surface area contributed by atoms with Gasteiger partial charge in [-0.1, -0.05) is 30.7 Å². The predicted molar refractivity (Wildman–Crippen MR) is 74.1 cm³/mol. The maximum atomic E-state index is 11.9. The maximum Gasteiger partial charge on any atom is 0.337 e. The third kappa shape index (κ3) is 2.98. The Morgan fingerprint density at radius 1 is 1.42 bits per heavy atom. The second-order valence-electron chi connectivity index (χ2n) is 4.80. The van der Waals surface area contributed by atoms with Crippen molar-refractivity contribution in [1.29, 1.82) is 0 Å². The first-order chi connectivity index (χ1) is 9.27. The highest BCUT2D eigenvalue weighted by molar-refractivity contribution is 5.90. The average molecular weight is 260 g/mol. The molecule has 0 spiro atoms. The van der Waals surface area contributed by atoms with Crippen LogP contribution in [0.1, 0.15) is 43.2 Å². The zero-order valence-corrected chi connectivity index (χ0v) is 11.3. The van der Waals surface area contributed by atoms with E-state index in [9.17, 15) is 9.90 Å². The van der Waals surface area contributed by atoms with Gasteiger partial charge in [-0.15, -0.1) is 0 Å². The van der Waals surface area contributed by atoms with Gasteiger partial charge in [-0.3, -0.25) is 0 Å². The molecule has 0 saturated heterocycles. The molecule has 102 valence electrons. The fraction of sp³-hybridized carbons (Fsp3) is 0.438. The van der Waals surface area contributed by atoms with E-state index >= 15 is 0 Å². The van der Waals surface area contributed by atoms with Crippen LogP contribution in [0.3, 0.4) is 0 Å². The molecular formula is C16H20O3. The first-order valence-electron chi connectivity index (χ1n) is 6.87. The van der Waals surface area contributed by atoms with Crippen LogP contribution in [-0.2, 0) is 16.0 Å². The minimum atomic E-state index is -0.410. The fourth-order valence-electron chi connectivity index (χ4n) is 2.74. The highest BCUT2D eigenvalue weighted by Crippen LogP contribution is 2.35. The van der Waals surface area contributed by atoms with Crippen molar-refractivity contribution in [3.8, 4) is 0 Å². The highest BCUT2D eigenvalue weighted by atomic mass is 16.5. The molecule has 0 radical (unpaired) electrons. The lowest BCUT2D eigenvalue weighted by Crippen LogP contribution is -2.15. The number of aliphatic hydroxyl groups excluding tert-OH is 1. The molecule has 1 aromatic carbocycles. The van der Waals surface area contributed by atoms with Gasteiger partial charge in [0, 0.05) is 5.92 Å². The van der Waals surface area contributed by atoms with E-state index in [1.54, 1.807) is 6.92 Å². The minimum Gasteiger partial charge on any atom is -0.515 e. The normalized spacial score (nSPS) is 19.4. The van der Waals surface area contributed by atoms with Crippen molar-refractivity contribution in [2.24, 2.45) is 0 Å². The van der Waals surface area contributed by atoms with Crippen molar-refractivity contribution in [1.82, 2.24) is 0 Å². The van der Waals surface area contributed by atoms with Gasteiger partial charge < -0.3 is 9.84 Å². The van der Waals surface area contributed by atoms with Gasteiger partial charge in [0.25, 0.3) is 0 Å². The second kappa shape index (κ2) is 6.41. The number of benzene rings is 1. The Kier molecular flexibility index (Phi) is 4.61. The Morgan fingerprint density at radius 3 is 2.95 bits per heavy atom. The lowest BCUT2D eigenvalue weighted by molar-refractivity contribution is -0.139. The van der Waals surface area contributed by atoms with Crippen LogP contribution in [0.4, 0.5) is 0 Å². The van der Waals surface area contributed by atoms with Crippen molar-refractivity contribution >= 4 is 5.97 Å². The molecule has 0 saturated carbocycles. The van der Waals surface area contributed by atoms with E-state index in [1.807, 2.05) is 18.2 Å². The molecule has 19 heavy (non-hydrogen) atoms. The first kappa shape index (κ1) is 13.7. The summed E-state index contributed by atoms with van der Waals surface area (Å²) in [7, 11) is 0. The lowest BCUT2D eigenvalue weighted by Gasteiger charge is -2.19. The van der Waals surface area contributed by atoms with Crippen LogP contribution in [0.15, 0.2) is 36.1 Å². The third-order valence-electron chi connectivity index (χ3n) is 3.65. The van der Waals surface area contributed by atoms with Crippen molar-refractivity contribution in [2.75, 3.05) is 6.61 Å². The SMILES string of the molecule is CCOC(=O)/C(=C/O)C1CCCCc2ccccc21. The third-order valence-corrected chi connectivity index (χ3v) is 3.65. The standard InChI is InChI=1S/C16H20O3/c1-2-19-16(18)15(11-17)14-10-6-4-8-12-7-3-5-9-13(12)14/h3,5,7,9,11,14,17H,2,4,6,8,10H2,1H3/b15-11+.